The van der Waals surface area contributed by atoms with E-state index >= 15 is 0 Å². The lowest BCUT2D eigenvalue weighted by atomic mass is 10.1. The molecular weight excluding hydrogens is 174 g/mol. The smallest absolute Gasteiger partial charge is 0.409 e. The van der Waals surface area contributed by atoms with E-state index in [2.05, 4.69) is 0 Å². The Morgan fingerprint density at radius 1 is 1.77 bits per heavy atom. The fourth-order valence-electron chi connectivity index (χ4n) is 1.22. The van der Waals surface area contributed by atoms with Crippen molar-refractivity contribution in [1.82, 2.24) is 4.90 Å². The minimum atomic E-state index is -0.897. The van der Waals surface area contributed by atoms with Crippen LogP contribution in [-0.2, 0) is 9.53 Å². The molecule has 5 nitrogen and oxygen atoms in total. The van der Waals surface area contributed by atoms with Crippen LogP contribution in [0.4, 0.5) is 4.79 Å². The van der Waals surface area contributed by atoms with Crippen LogP contribution >= 0.6 is 0 Å². The predicted molar refractivity (Wildman–Crippen MR) is 44.3 cm³/mol. The van der Waals surface area contributed by atoms with Gasteiger partial charge in [0.15, 0.2) is 0 Å². The molecule has 1 N–H and O–H groups in total. The second kappa shape index (κ2) is 4.11. The molecule has 1 aliphatic heterocycles. The molecule has 1 saturated heterocycles. The van der Waals surface area contributed by atoms with E-state index in [-0.39, 0.29) is 18.9 Å². The van der Waals surface area contributed by atoms with E-state index in [0.29, 0.717) is 13.2 Å². The van der Waals surface area contributed by atoms with Crippen molar-refractivity contribution in [3.05, 3.63) is 0 Å². The van der Waals surface area contributed by atoms with Crippen LogP contribution in [0.5, 0.6) is 0 Å². The van der Waals surface area contributed by atoms with Crippen molar-refractivity contribution in [1.29, 1.82) is 0 Å². The lowest BCUT2D eigenvalue weighted by Gasteiger charge is -2.29. The van der Waals surface area contributed by atoms with E-state index in [4.69, 9.17) is 9.84 Å². The summed E-state index contributed by atoms with van der Waals surface area (Å²) in [6, 6.07) is 0. The van der Waals surface area contributed by atoms with E-state index in [1.807, 2.05) is 6.92 Å². The molecule has 1 atom stereocenters. The summed E-state index contributed by atoms with van der Waals surface area (Å²) in [4.78, 5) is 22.7. The molecule has 5 heteroatoms. The highest BCUT2D eigenvalue weighted by atomic mass is 16.6. The highest BCUT2D eigenvalue weighted by Gasteiger charge is 2.24. The number of aliphatic carboxylic acids is 1. The van der Waals surface area contributed by atoms with E-state index in [1.54, 1.807) is 0 Å². The maximum atomic E-state index is 11.1. The Bertz CT molecular complexity index is 216. The number of hydrogen-bond acceptors (Lipinski definition) is 3. The molecule has 1 fully saturated rings. The summed E-state index contributed by atoms with van der Waals surface area (Å²) in [5, 5.41) is 8.42. The molecule has 13 heavy (non-hydrogen) atoms. The van der Waals surface area contributed by atoms with Gasteiger partial charge in [0.2, 0.25) is 0 Å². The molecular formula is C8H13NO4. The monoisotopic (exact) mass is 187 g/mol. The average molecular weight is 187 g/mol. The fourth-order valence-corrected chi connectivity index (χ4v) is 1.22. The molecule has 0 spiro atoms. The number of carboxylic acid groups (broad SMARTS) is 1. The molecule has 0 radical (unpaired) electrons. The Morgan fingerprint density at radius 2 is 2.46 bits per heavy atom. The first-order chi connectivity index (χ1) is 6.09. The van der Waals surface area contributed by atoms with Crippen LogP contribution in [0.15, 0.2) is 0 Å². The number of carboxylic acids is 1. The summed E-state index contributed by atoms with van der Waals surface area (Å²) < 4.78 is 4.83. The van der Waals surface area contributed by atoms with Crippen LogP contribution in [0.3, 0.4) is 0 Å². The number of carbonyl (C=O) groups is 2. The van der Waals surface area contributed by atoms with E-state index in [9.17, 15) is 9.59 Å². The number of hydrogen-bond donors (Lipinski definition) is 1. The zero-order chi connectivity index (χ0) is 9.84. The third-order valence-electron chi connectivity index (χ3n) is 1.88. The maximum Gasteiger partial charge on any atom is 0.409 e. The lowest BCUT2D eigenvalue weighted by molar-refractivity contribution is -0.137. The number of cyclic esters (lactones) is 1. The second-order valence-electron chi connectivity index (χ2n) is 3.27. The molecule has 1 aliphatic rings. The third kappa shape index (κ3) is 2.93. The zero-order valence-electron chi connectivity index (χ0n) is 7.52. The zero-order valence-corrected chi connectivity index (χ0v) is 7.52. The topological polar surface area (TPSA) is 66.8 Å². The van der Waals surface area contributed by atoms with Gasteiger partial charge >= 0.3 is 12.1 Å². The van der Waals surface area contributed by atoms with Gasteiger partial charge in [0.1, 0.15) is 0 Å². The van der Waals surface area contributed by atoms with Gasteiger partial charge < -0.3 is 14.7 Å². The van der Waals surface area contributed by atoms with Gasteiger partial charge in [0.05, 0.1) is 13.0 Å². The van der Waals surface area contributed by atoms with Crippen LogP contribution in [0.2, 0.25) is 0 Å². The molecule has 0 bridgehead atoms. The largest absolute Gasteiger partial charge is 0.481 e. The number of nitrogens with zero attached hydrogens (tertiary/aromatic N) is 1. The molecule has 0 aromatic rings. The molecule has 74 valence electrons. The first-order valence-electron chi connectivity index (χ1n) is 4.23. The van der Waals surface area contributed by atoms with Crippen molar-refractivity contribution in [2.75, 3.05) is 19.7 Å². The lowest BCUT2D eigenvalue weighted by Crippen LogP contribution is -2.42. The summed E-state index contributed by atoms with van der Waals surface area (Å²) in [5.74, 6) is -0.613. The average Bonchev–Trinajstić information content (AvgIpc) is 2.06. The summed E-state index contributed by atoms with van der Waals surface area (Å²) in [6.45, 7) is 3.22. The normalized spacial score (nSPS) is 22.7. The van der Waals surface area contributed by atoms with Crippen LogP contribution in [0.1, 0.15) is 13.3 Å². The Labute approximate surface area is 76.3 Å². The molecule has 0 aliphatic carbocycles. The van der Waals surface area contributed by atoms with Crippen LogP contribution < -0.4 is 0 Å². The van der Waals surface area contributed by atoms with Crippen LogP contribution in [0, 0.1) is 5.92 Å². The SMILES string of the molecule is CC1COC(=O)N(CCC(=O)O)C1. The summed E-state index contributed by atoms with van der Waals surface area (Å²) >= 11 is 0. The van der Waals surface area contributed by atoms with Gasteiger partial charge in [0.25, 0.3) is 0 Å². The molecule has 1 unspecified atom stereocenters. The van der Waals surface area contributed by atoms with Gasteiger partial charge in [-0.2, -0.15) is 0 Å². The van der Waals surface area contributed by atoms with Gasteiger partial charge in [-0.25, -0.2) is 4.79 Å². The van der Waals surface area contributed by atoms with Crippen molar-refractivity contribution in [2.45, 2.75) is 13.3 Å². The van der Waals surface area contributed by atoms with Crippen molar-refractivity contribution in [2.24, 2.45) is 5.92 Å². The van der Waals surface area contributed by atoms with Crippen LogP contribution in [-0.4, -0.2) is 41.8 Å². The Hall–Kier alpha value is -1.26. The van der Waals surface area contributed by atoms with Crippen molar-refractivity contribution in [3.63, 3.8) is 0 Å². The van der Waals surface area contributed by atoms with E-state index in [0.717, 1.165) is 0 Å². The summed E-state index contributed by atoms with van der Waals surface area (Å²) in [6.07, 6.45) is -0.429. The second-order valence-corrected chi connectivity index (χ2v) is 3.27. The van der Waals surface area contributed by atoms with Crippen molar-refractivity contribution in [3.8, 4) is 0 Å². The molecule has 0 aromatic carbocycles. The Balaban J connectivity index is 2.37. The number of carbonyl (C=O) groups excluding carboxylic acids is 1. The molecule has 1 rings (SSSR count). The molecule has 1 heterocycles. The number of rotatable bonds is 3. The number of ether oxygens (including phenoxy) is 1. The highest BCUT2D eigenvalue weighted by Crippen LogP contribution is 2.10. The molecule has 0 aromatic heterocycles. The molecule has 1 amide bonds. The Kier molecular flexibility index (Phi) is 3.11. The third-order valence-corrected chi connectivity index (χ3v) is 1.88. The van der Waals surface area contributed by atoms with Crippen LogP contribution in [0.25, 0.3) is 0 Å². The minimum absolute atomic E-state index is 0.0260. The van der Waals surface area contributed by atoms with Gasteiger partial charge in [-0.3, -0.25) is 4.79 Å². The fraction of sp³-hybridized carbons (Fsp3) is 0.750. The maximum absolute atomic E-state index is 11.1. The first kappa shape index (κ1) is 9.83. The molecule has 0 saturated carbocycles. The number of amides is 1. The van der Waals surface area contributed by atoms with E-state index in [1.165, 1.54) is 4.90 Å². The van der Waals surface area contributed by atoms with Gasteiger partial charge in [-0.1, -0.05) is 6.92 Å². The minimum Gasteiger partial charge on any atom is -0.481 e. The summed E-state index contributed by atoms with van der Waals surface area (Å²) in [7, 11) is 0. The summed E-state index contributed by atoms with van der Waals surface area (Å²) in [5.41, 5.74) is 0. The van der Waals surface area contributed by atoms with Crippen molar-refractivity contribution < 1.29 is 19.4 Å². The quantitative estimate of drug-likeness (QED) is 0.700. The van der Waals surface area contributed by atoms with E-state index < -0.39 is 12.1 Å². The van der Waals surface area contributed by atoms with Gasteiger partial charge in [-0.05, 0) is 0 Å². The van der Waals surface area contributed by atoms with Gasteiger partial charge in [0, 0.05) is 19.0 Å². The Morgan fingerprint density at radius 3 is 3.08 bits per heavy atom. The van der Waals surface area contributed by atoms with Gasteiger partial charge in [-0.15, -0.1) is 0 Å². The standard InChI is InChI=1S/C8H13NO4/c1-6-4-9(3-2-7(10)11)8(12)13-5-6/h6H,2-5H2,1H3,(H,10,11). The predicted octanol–water partition coefficient (Wildman–Crippen LogP) is 0.549. The first-order valence-corrected chi connectivity index (χ1v) is 4.23. The van der Waals surface area contributed by atoms with Crippen molar-refractivity contribution >= 4 is 12.1 Å². The highest BCUT2D eigenvalue weighted by molar-refractivity contribution is 5.71.